The molecule has 1 aromatic rings. The molecule has 0 radical (unpaired) electrons. The van der Waals surface area contributed by atoms with Gasteiger partial charge in [-0.05, 0) is 24.3 Å². The van der Waals surface area contributed by atoms with Crippen molar-refractivity contribution in [2.45, 2.75) is 39.2 Å². The normalized spacial score (nSPS) is 15.1. The molecule has 0 saturated heterocycles. The molecule has 14 heavy (non-hydrogen) atoms. The Kier molecular flexibility index (Phi) is 4.68. The maximum atomic E-state index is 6.14. The van der Waals surface area contributed by atoms with Crippen LogP contribution < -0.4 is 5.73 Å². The Bertz CT molecular complexity index is 243. The Morgan fingerprint density at radius 2 is 1.86 bits per heavy atom. The molecule has 0 fully saturated rings. The van der Waals surface area contributed by atoms with Crippen LogP contribution in [0.4, 0.5) is 0 Å². The van der Waals surface area contributed by atoms with Crippen LogP contribution in [0.3, 0.4) is 0 Å². The highest BCUT2D eigenvalue weighted by Crippen LogP contribution is 2.13. The standard InChI is InChI=1S/C13H21N/c1-3-7-11(2)13(14)10-12-8-5-4-6-9-12/h4-6,8-9,11,13H,3,7,10,14H2,1-2H3. The van der Waals surface area contributed by atoms with E-state index in [0.29, 0.717) is 12.0 Å². The number of hydrogen-bond acceptors (Lipinski definition) is 1. The van der Waals surface area contributed by atoms with Crippen molar-refractivity contribution in [3.63, 3.8) is 0 Å². The first-order valence-electron chi connectivity index (χ1n) is 5.53. The first kappa shape index (κ1) is 11.3. The van der Waals surface area contributed by atoms with Crippen LogP contribution in [0.5, 0.6) is 0 Å². The molecular formula is C13H21N. The van der Waals surface area contributed by atoms with Gasteiger partial charge in [-0.25, -0.2) is 0 Å². The summed E-state index contributed by atoms with van der Waals surface area (Å²) in [5, 5.41) is 0. The average molecular weight is 191 g/mol. The fraction of sp³-hybridized carbons (Fsp3) is 0.538. The molecule has 0 aliphatic rings. The highest BCUT2D eigenvalue weighted by Gasteiger charge is 2.11. The zero-order chi connectivity index (χ0) is 10.4. The topological polar surface area (TPSA) is 26.0 Å². The molecule has 0 saturated carbocycles. The minimum Gasteiger partial charge on any atom is -0.327 e. The monoisotopic (exact) mass is 191 g/mol. The fourth-order valence-corrected chi connectivity index (χ4v) is 1.76. The number of rotatable bonds is 5. The predicted octanol–water partition coefficient (Wildman–Crippen LogP) is 2.99. The molecule has 2 N–H and O–H groups in total. The van der Waals surface area contributed by atoms with Crippen molar-refractivity contribution in [1.82, 2.24) is 0 Å². The summed E-state index contributed by atoms with van der Waals surface area (Å²) >= 11 is 0. The zero-order valence-electron chi connectivity index (χ0n) is 9.24. The Morgan fingerprint density at radius 1 is 1.21 bits per heavy atom. The fourth-order valence-electron chi connectivity index (χ4n) is 1.76. The smallest absolute Gasteiger partial charge is 0.0105 e. The highest BCUT2D eigenvalue weighted by atomic mass is 14.6. The Hall–Kier alpha value is -0.820. The van der Waals surface area contributed by atoms with E-state index >= 15 is 0 Å². The third-order valence-electron chi connectivity index (χ3n) is 2.79. The minimum absolute atomic E-state index is 0.303. The van der Waals surface area contributed by atoms with E-state index in [1.165, 1.54) is 18.4 Å². The van der Waals surface area contributed by atoms with Crippen LogP contribution in [0, 0.1) is 5.92 Å². The quantitative estimate of drug-likeness (QED) is 0.760. The predicted molar refractivity (Wildman–Crippen MR) is 62.2 cm³/mol. The highest BCUT2D eigenvalue weighted by molar-refractivity contribution is 5.15. The number of benzene rings is 1. The molecule has 0 aromatic heterocycles. The molecule has 0 bridgehead atoms. The van der Waals surface area contributed by atoms with E-state index in [9.17, 15) is 0 Å². The molecule has 1 heteroatoms. The molecule has 1 nitrogen and oxygen atoms in total. The second-order valence-corrected chi connectivity index (χ2v) is 4.12. The van der Waals surface area contributed by atoms with E-state index in [0.717, 1.165) is 6.42 Å². The van der Waals surface area contributed by atoms with Gasteiger partial charge in [0.2, 0.25) is 0 Å². The van der Waals surface area contributed by atoms with Crippen molar-refractivity contribution in [2.24, 2.45) is 11.7 Å². The number of nitrogens with two attached hydrogens (primary N) is 1. The van der Waals surface area contributed by atoms with Crippen molar-refractivity contribution < 1.29 is 0 Å². The summed E-state index contributed by atoms with van der Waals surface area (Å²) < 4.78 is 0. The van der Waals surface area contributed by atoms with Gasteiger partial charge in [0.15, 0.2) is 0 Å². The van der Waals surface area contributed by atoms with E-state index in [-0.39, 0.29) is 0 Å². The van der Waals surface area contributed by atoms with Gasteiger partial charge in [0.1, 0.15) is 0 Å². The molecule has 0 spiro atoms. The first-order valence-corrected chi connectivity index (χ1v) is 5.53. The lowest BCUT2D eigenvalue weighted by Gasteiger charge is -2.19. The van der Waals surface area contributed by atoms with Crippen LogP contribution in [-0.4, -0.2) is 6.04 Å². The number of hydrogen-bond donors (Lipinski definition) is 1. The van der Waals surface area contributed by atoms with Crippen LogP contribution >= 0.6 is 0 Å². The summed E-state index contributed by atoms with van der Waals surface area (Å²) in [6.07, 6.45) is 3.46. The van der Waals surface area contributed by atoms with Gasteiger partial charge in [-0.15, -0.1) is 0 Å². The average Bonchev–Trinajstić information content (AvgIpc) is 2.19. The van der Waals surface area contributed by atoms with Gasteiger partial charge in [-0.1, -0.05) is 50.6 Å². The van der Waals surface area contributed by atoms with E-state index < -0.39 is 0 Å². The van der Waals surface area contributed by atoms with E-state index in [4.69, 9.17) is 5.73 Å². The molecule has 0 aliphatic carbocycles. The van der Waals surface area contributed by atoms with Crippen molar-refractivity contribution in [1.29, 1.82) is 0 Å². The minimum atomic E-state index is 0.303. The van der Waals surface area contributed by atoms with Crippen molar-refractivity contribution in [2.75, 3.05) is 0 Å². The van der Waals surface area contributed by atoms with Crippen molar-refractivity contribution >= 4 is 0 Å². The van der Waals surface area contributed by atoms with E-state index in [1.54, 1.807) is 0 Å². The molecule has 2 unspecified atom stereocenters. The van der Waals surface area contributed by atoms with Crippen LogP contribution in [0.25, 0.3) is 0 Å². The second kappa shape index (κ2) is 5.82. The van der Waals surface area contributed by atoms with Gasteiger partial charge in [-0.3, -0.25) is 0 Å². The van der Waals surface area contributed by atoms with E-state index in [2.05, 4.69) is 38.1 Å². The maximum Gasteiger partial charge on any atom is 0.0105 e. The summed E-state index contributed by atoms with van der Waals surface area (Å²) in [6.45, 7) is 4.46. The molecule has 0 aliphatic heterocycles. The molecule has 1 rings (SSSR count). The molecule has 0 heterocycles. The third kappa shape index (κ3) is 3.51. The summed E-state index contributed by atoms with van der Waals surface area (Å²) in [7, 11) is 0. The Labute approximate surface area is 87.3 Å². The van der Waals surface area contributed by atoms with Gasteiger partial charge in [0.05, 0.1) is 0 Å². The largest absolute Gasteiger partial charge is 0.327 e. The molecule has 2 atom stereocenters. The molecule has 1 aromatic carbocycles. The lowest BCUT2D eigenvalue weighted by Crippen LogP contribution is -2.30. The maximum absolute atomic E-state index is 6.14. The van der Waals surface area contributed by atoms with Gasteiger partial charge in [0.25, 0.3) is 0 Å². The van der Waals surface area contributed by atoms with Gasteiger partial charge < -0.3 is 5.73 Å². The lowest BCUT2D eigenvalue weighted by atomic mass is 9.92. The Balaban J connectivity index is 2.44. The van der Waals surface area contributed by atoms with E-state index in [1.807, 2.05) is 6.07 Å². The molecular weight excluding hydrogens is 170 g/mol. The third-order valence-corrected chi connectivity index (χ3v) is 2.79. The zero-order valence-corrected chi connectivity index (χ0v) is 9.24. The van der Waals surface area contributed by atoms with Crippen LogP contribution in [-0.2, 0) is 6.42 Å². The van der Waals surface area contributed by atoms with Crippen molar-refractivity contribution in [3.8, 4) is 0 Å². The molecule has 0 amide bonds. The molecule has 78 valence electrons. The SMILES string of the molecule is CCCC(C)C(N)Cc1ccccc1. The second-order valence-electron chi connectivity index (χ2n) is 4.12. The van der Waals surface area contributed by atoms with Gasteiger partial charge >= 0.3 is 0 Å². The summed E-state index contributed by atoms with van der Waals surface area (Å²) in [6, 6.07) is 10.8. The Morgan fingerprint density at radius 3 is 2.43 bits per heavy atom. The van der Waals surface area contributed by atoms with Gasteiger partial charge in [0, 0.05) is 6.04 Å². The first-order chi connectivity index (χ1) is 6.74. The van der Waals surface area contributed by atoms with Crippen LogP contribution in [0.1, 0.15) is 32.3 Å². The summed E-state index contributed by atoms with van der Waals surface area (Å²) in [5.41, 5.74) is 7.49. The van der Waals surface area contributed by atoms with Crippen LogP contribution in [0.2, 0.25) is 0 Å². The summed E-state index contributed by atoms with van der Waals surface area (Å²) in [4.78, 5) is 0. The van der Waals surface area contributed by atoms with Gasteiger partial charge in [-0.2, -0.15) is 0 Å². The van der Waals surface area contributed by atoms with Crippen LogP contribution in [0.15, 0.2) is 30.3 Å². The summed E-state index contributed by atoms with van der Waals surface area (Å²) in [5.74, 6) is 0.625. The lowest BCUT2D eigenvalue weighted by molar-refractivity contribution is 0.420. The van der Waals surface area contributed by atoms with Crippen molar-refractivity contribution in [3.05, 3.63) is 35.9 Å².